The highest BCUT2D eigenvalue weighted by Gasteiger charge is 2.28. The Labute approximate surface area is 161 Å². The van der Waals surface area contributed by atoms with Crippen LogP contribution in [0.15, 0.2) is 41.3 Å². The van der Waals surface area contributed by atoms with E-state index in [0.717, 1.165) is 28.6 Å². The average Bonchev–Trinajstić information content (AvgIpc) is 3.06. The first-order valence-electron chi connectivity index (χ1n) is 8.70. The Morgan fingerprint density at radius 3 is 2.46 bits per heavy atom. The van der Waals surface area contributed by atoms with Crippen molar-refractivity contribution in [3.8, 4) is 0 Å². The molecule has 1 aliphatic heterocycles. The zero-order valence-corrected chi connectivity index (χ0v) is 16.0. The Morgan fingerprint density at radius 2 is 1.79 bits per heavy atom. The molecule has 0 unspecified atom stereocenters. The minimum atomic E-state index is -3.79. The van der Waals surface area contributed by atoms with Gasteiger partial charge >= 0.3 is 0 Å². The zero-order chi connectivity index (χ0) is 20.5. The van der Waals surface area contributed by atoms with E-state index >= 15 is 0 Å². The molecule has 0 aliphatic carbocycles. The van der Waals surface area contributed by atoms with Crippen molar-refractivity contribution in [2.45, 2.75) is 24.2 Å². The lowest BCUT2D eigenvalue weighted by molar-refractivity contribution is -0.118. The number of carbonyl (C=O) groups is 1. The second kappa shape index (κ2) is 7.92. The molecule has 0 atom stereocenters. The molecule has 0 fully saturated rings. The molecule has 0 spiro atoms. The van der Waals surface area contributed by atoms with Gasteiger partial charge in [-0.15, -0.1) is 0 Å². The minimum absolute atomic E-state index is 0.0286. The third kappa shape index (κ3) is 4.05. The molecular weight excluding hydrogens is 393 g/mol. The van der Waals surface area contributed by atoms with Crippen molar-refractivity contribution in [3.63, 3.8) is 0 Å². The van der Waals surface area contributed by atoms with Crippen LogP contribution >= 0.6 is 0 Å². The van der Waals surface area contributed by atoms with Gasteiger partial charge in [-0.3, -0.25) is 4.79 Å². The Balaban J connectivity index is 1.60. The largest absolute Gasteiger partial charge is 0.312 e. The predicted octanol–water partition coefficient (Wildman–Crippen LogP) is 3.09. The molecule has 0 saturated heterocycles. The molecule has 0 saturated carbocycles. The fraction of sp³-hybridized carbons (Fsp3) is 0.316. The van der Waals surface area contributed by atoms with E-state index in [2.05, 4.69) is 0 Å². The molecule has 2 aromatic carbocycles. The van der Waals surface area contributed by atoms with Crippen LogP contribution in [0.2, 0.25) is 0 Å². The summed E-state index contributed by atoms with van der Waals surface area (Å²) in [7, 11) is -2.42. The maximum Gasteiger partial charge on any atom is 0.242 e. The SMILES string of the molecule is CN(CCCC(=O)N1CCc2c(F)cc(F)cc21)S(=O)(=O)c1ccc(F)cc1. The normalized spacial score (nSPS) is 13.8. The van der Waals surface area contributed by atoms with Gasteiger partial charge in [0.05, 0.1) is 10.6 Å². The second-order valence-electron chi connectivity index (χ2n) is 6.56. The monoisotopic (exact) mass is 412 g/mol. The van der Waals surface area contributed by atoms with Crippen LogP contribution in [0, 0.1) is 17.5 Å². The molecule has 0 N–H and O–H groups in total. The van der Waals surface area contributed by atoms with Crippen molar-refractivity contribution in [2.75, 3.05) is 25.0 Å². The number of halogens is 3. The summed E-state index contributed by atoms with van der Waals surface area (Å²) in [5, 5.41) is 0. The van der Waals surface area contributed by atoms with Gasteiger partial charge in [-0.05, 0) is 43.2 Å². The van der Waals surface area contributed by atoms with E-state index in [1.165, 1.54) is 24.1 Å². The number of fused-ring (bicyclic) bond motifs is 1. The van der Waals surface area contributed by atoms with Crippen LogP contribution in [0.5, 0.6) is 0 Å². The van der Waals surface area contributed by atoms with E-state index < -0.39 is 27.5 Å². The van der Waals surface area contributed by atoms with Crippen molar-refractivity contribution < 1.29 is 26.4 Å². The van der Waals surface area contributed by atoms with Crippen molar-refractivity contribution in [3.05, 3.63) is 59.4 Å². The van der Waals surface area contributed by atoms with Gasteiger partial charge in [0, 0.05) is 38.2 Å². The van der Waals surface area contributed by atoms with Crippen LogP contribution in [-0.2, 0) is 21.2 Å². The Bertz CT molecular complexity index is 994. The van der Waals surface area contributed by atoms with E-state index in [-0.39, 0.29) is 42.4 Å². The quantitative estimate of drug-likeness (QED) is 0.733. The van der Waals surface area contributed by atoms with Gasteiger partial charge in [-0.25, -0.2) is 25.9 Å². The molecule has 3 rings (SSSR count). The molecule has 150 valence electrons. The van der Waals surface area contributed by atoms with E-state index in [0.29, 0.717) is 12.0 Å². The summed E-state index contributed by atoms with van der Waals surface area (Å²) in [6.07, 6.45) is 0.576. The Kier molecular flexibility index (Phi) is 5.76. The Morgan fingerprint density at radius 1 is 1.11 bits per heavy atom. The van der Waals surface area contributed by atoms with E-state index in [1.54, 1.807) is 0 Å². The van der Waals surface area contributed by atoms with Crippen LogP contribution in [0.4, 0.5) is 18.9 Å². The van der Waals surface area contributed by atoms with Gasteiger partial charge in [0.1, 0.15) is 17.5 Å². The number of rotatable bonds is 6. The van der Waals surface area contributed by atoms with Crippen molar-refractivity contribution in [1.29, 1.82) is 0 Å². The third-order valence-corrected chi connectivity index (χ3v) is 6.57. The molecule has 0 aromatic heterocycles. The molecule has 2 aromatic rings. The summed E-state index contributed by atoms with van der Waals surface area (Å²) in [5.74, 6) is -2.28. The molecule has 1 aliphatic rings. The smallest absolute Gasteiger partial charge is 0.242 e. The van der Waals surface area contributed by atoms with Crippen molar-refractivity contribution in [1.82, 2.24) is 4.31 Å². The number of benzene rings is 2. The number of nitrogens with zero attached hydrogens (tertiary/aromatic N) is 2. The summed E-state index contributed by atoms with van der Waals surface area (Å²) in [4.78, 5) is 13.7. The van der Waals surface area contributed by atoms with Crippen LogP contribution < -0.4 is 4.90 Å². The van der Waals surface area contributed by atoms with Gasteiger partial charge in [-0.2, -0.15) is 0 Å². The summed E-state index contributed by atoms with van der Waals surface area (Å²) in [6, 6.07) is 6.41. The highest BCUT2D eigenvalue weighted by Crippen LogP contribution is 2.31. The maximum absolute atomic E-state index is 13.8. The van der Waals surface area contributed by atoms with E-state index in [9.17, 15) is 26.4 Å². The Hall–Kier alpha value is -2.39. The van der Waals surface area contributed by atoms with Crippen molar-refractivity contribution >= 4 is 21.6 Å². The zero-order valence-electron chi connectivity index (χ0n) is 15.2. The molecule has 5 nitrogen and oxygen atoms in total. The van der Waals surface area contributed by atoms with Gasteiger partial charge in [0.2, 0.25) is 15.9 Å². The van der Waals surface area contributed by atoms with Crippen LogP contribution in [0.3, 0.4) is 0 Å². The number of anilines is 1. The van der Waals surface area contributed by atoms with Gasteiger partial charge in [-0.1, -0.05) is 0 Å². The fourth-order valence-electron chi connectivity index (χ4n) is 3.18. The highest BCUT2D eigenvalue weighted by atomic mass is 32.2. The first-order valence-corrected chi connectivity index (χ1v) is 10.1. The van der Waals surface area contributed by atoms with Crippen LogP contribution in [0.1, 0.15) is 18.4 Å². The van der Waals surface area contributed by atoms with Crippen LogP contribution in [-0.4, -0.2) is 38.8 Å². The molecule has 1 amide bonds. The summed E-state index contributed by atoms with van der Waals surface area (Å²) < 4.78 is 66.2. The molecule has 28 heavy (non-hydrogen) atoms. The topological polar surface area (TPSA) is 57.7 Å². The van der Waals surface area contributed by atoms with Crippen LogP contribution in [0.25, 0.3) is 0 Å². The number of amides is 1. The maximum atomic E-state index is 13.8. The summed E-state index contributed by atoms with van der Waals surface area (Å²) >= 11 is 0. The first kappa shape index (κ1) is 20.3. The first-order chi connectivity index (χ1) is 13.2. The highest BCUT2D eigenvalue weighted by molar-refractivity contribution is 7.89. The van der Waals surface area contributed by atoms with Gasteiger partial charge in [0.25, 0.3) is 0 Å². The lowest BCUT2D eigenvalue weighted by Crippen LogP contribution is -2.31. The summed E-state index contributed by atoms with van der Waals surface area (Å²) in [6.45, 7) is 0.335. The minimum Gasteiger partial charge on any atom is -0.312 e. The molecule has 0 radical (unpaired) electrons. The third-order valence-electron chi connectivity index (χ3n) is 4.70. The number of hydrogen-bond acceptors (Lipinski definition) is 3. The molecule has 1 heterocycles. The lowest BCUT2D eigenvalue weighted by atomic mass is 10.1. The van der Waals surface area contributed by atoms with Gasteiger partial charge in [0.15, 0.2) is 0 Å². The van der Waals surface area contributed by atoms with E-state index in [1.807, 2.05) is 0 Å². The molecule has 9 heteroatoms. The lowest BCUT2D eigenvalue weighted by Gasteiger charge is -2.20. The van der Waals surface area contributed by atoms with Gasteiger partial charge < -0.3 is 4.90 Å². The fourth-order valence-corrected chi connectivity index (χ4v) is 4.39. The number of sulfonamides is 1. The number of hydrogen-bond donors (Lipinski definition) is 0. The molecule has 0 bridgehead atoms. The average molecular weight is 412 g/mol. The van der Waals surface area contributed by atoms with Crippen molar-refractivity contribution in [2.24, 2.45) is 0 Å². The number of carbonyl (C=O) groups excluding carboxylic acids is 1. The van der Waals surface area contributed by atoms with E-state index in [4.69, 9.17) is 0 Å². The predicted molar refractivity (Wildman–Crippen MR) is 97.9 cm³/mol. The standard InChI is InChI=1S/C19H19F3N2O3S/c1-23(28(26,27)15-6-4-13(20)5-7-15)9-2-3-19(25)24-10-8-16-17(22)11-14(21)12-18(16)24/h4-7,11-12H,2-3,8-10H2,1H3. The second-order valence-corrected chi connectivity index (χ2v) is 8.61. The molecular formula is C19H19F3N2O3S. The summed E-state index contributed by atoms with van der Waals surface area (Å²) in [5.41, 5.74) is 0.542.